The van der Waals surface area contributed by atoms with Crippen LogP contribution in [0.3, 0.4) is 0 Å². The van der Waals surface area contributed by atoms with E-state index in [2.05, 4.69) is 33.0 Å². The molecule has 2 unspecified atom stereocenters. The van der Waals surface area contributed by atoms with Gasteiger partial charge in [0, 0.05) is 17.3 Å². The molecule has 0 amide bonds. The predicted molar refractivity (Wildman–Crippen MR) is 77.7 cm³/mol. The van der Waals surface area contributed by atoms with Crippen LogP contribution in [0.4, 0.5) is 5.69 Å². The lowest BCUT2D eigenvalue weighted by molar-refractivity contribution is 0.335. The fourth-order valence-corrected chi connectivity index (χ4v) is 2.15. The fraction of sp³-hybridized carbons (Fsp3) is 0.600. The van der Waals surface area contributed by atoms with Crippen LogP contribution < -0.4 is 5.32 Å². The zero-order valence-electron chi connectivity index (χ0n) is 11.3. The van der Waals surface area contributed by atoms with E-state index in [1.54, 1.807) is 0 Å². The first-order chi connectivity index (χ1) is 7.99. The summed E-state index contributed by atoms with van der Waals surface area (Å²) in [6.07, 6.45) is 1.30. The van der Waals surface area contributed by atoms with E-state index in [1.165, 1.54) is 6.42 Å². The third-order valence-electron chi connectivity index (χ3n) is 3.29. The molecular weight excluding hydrogens is 230 g/mol. The summed E-state index contributed by atoms with van der Waals surface area (Å²) in [4.78, 5) is 0. The third kappa shape index (κ3) is 5.45. The van der Waals surface area contributed by atoms with Crippen molar-refractivity contribution in [1.82, 2.24) is 0 Å². The predicted octanol–water partition coefficient (Wildman–Crippen LogP) is 5.07. The van der Waals surface area contributed by atoms with Crippen molar-refractivity contribution in [3.63, 3.8) is 0 Å². The molecule has 0 radical (unpaired) electrons. The Morgan fingerprint density at radius 1 is 1.00 bits per heavy atom. The molecule has 2 atom stereocenters. The summed E-state index contributed by atoms with van der Waals surface area (Å²) in [7, 11) is 0. The molecule has 0 saturated heterocycles. The maximum Gasteiger partial charge on any atom is 0.0407 e. The second-order valence-corrected chi connectivity index (χ2v) is 5.91. The van der Waals surface area contributed by atoms with Gasteiger partial charge in [-0.25, -0.2) is 0 Å². The third-order valence-corrected chi connectivity index (χ3v) is 3.54. The van der Waals surface area contributed by atoms with Gasteiger partial charge in [0.05, 0.1) is 0 Å². The molecule has 0 heterocycles. The highest BCUT2D eigenvalue weighted by atomic mass is 35.5. The van der Waals surface area contributed by atoms with Gasteiger partial charge in [-0.3, -0.25) is 0 Å². The number of hydrogen-bond donors (Lipinski definition) is 1. The van der Waals surface area contributed by atoms with Crippen LogP contribution in [0.25, 0.3) is 0 Å². The Labute approximate surface area is 111 Å². The molecule has 1 N–H and O–H groups in total. The van der Waals surface area contributed by atoms with Crippen molar-refractivity contribution in [1.29, 1.82) is 0 Å². The summed E-state index contributed by atoms with van der Waals surface area (Å²) in [6.45, 7) is 10.3. The topological polar surface area (TPSA) is 12.0 Å². The van der Waals surface area contributed by atoms with Gasteiger partial charge < -0.3 is 5.32 Å². The number of anilines is 1. The Morgan fingerprint density at radius 2 is 1.59 bits per heavy atom. The van der Waals surface area contributed by atoms with Gasteiger partial charge in [0.2, 0.25) is 0 Å². The first kappa shape index (κ1) is 14.4. The zero-order chi connectivity index (χ0) is 12.8. The molecule has 2 heteroatoms. The van der Waals surface area contributed by atoms with E-state index in [0.717, 1.165) is 29.1 Å². The van der Waals surface area contributed by atoms with Crippen molar-refractivity contribution < 1.29 is 0 Å². The van der Waals surface area contributed by atoms with Crippen LogP contribution in [-0.4, -0.2) is 6.54 Å². The van der Waals surface area contributed by atoms with Gasteiger partial charge in [0.15, 0.2) is 0 Å². The van der Waals surface area contributed by atoms with Gasteiger partial charge >= 0.3 is 0 Å². The summed E-state index contributed by atoms with van der Waals surface area (Å²) in [5.41, 5.74) is 1.15. The van der Waals surface area contributed by atoms with Crippen LogP contribution in [0.15, 0.2) is 24.3 Å². The van der Waals surface area contributed by atoms with Crippen LogP contribution in [0.5, 0.6) is 0 Å². The molecule has 0 aliphatic rings. The minimum atomic E-state index is 0.688. The van der Waals surface area contributed by atoms with E-state index in [1.807, 2.05) is 24.3 Å². The Balaban J connectivity index is 2.37. The molecule has 1 rings (SSSR count). The zero-order valence-corrected chi connectivity index (χ0v) is 12.1. The number of rotatable bonds is 6. The number of halogens is 1. The van der Waals surface area contributed by atoms with Gasteiger partial charge in [-0.2, -0.15) is 0 Å². The lowest BCUT2D eigenvalue weighted by Crippen LogP contribution is -2.19. The lowest BCUT2D eigenvalue weighted by atomic mass is 9.88. The molecule has 1 aromatic carbocycles. The molecular formula is C15H24ClN. The molecule has 0 aliphatic heterocycles. The Kier molecular flexibility index (Phi) is 5.84. The second-order valence-electron chi connectivity index (χ2n) is 5.47. The van der Waals surface area contributed by atoms with Crippen molar-refractivity contribution in [2.75, 3.05) is 11.9 Å². The van der Waals surface area contributed by atoms with E-state index in [4.69, 9.17) is 11.6 Å². The first-order valence-electron chi connectivity index (χ1n) is 6.48. The van der Waals surface area contributed by atoms with Crippen molar-refractivity contribution in [3.05, 3.63) is 29.3 Å². The van der Waals surface area contributed by atoms with Crippen LogP contribution in [0.1, 0.15) is 34.1 Å². The maximum atomic E-state index is 5.85. The van der Waals surface area contributed by atoms with Crippen molar-refractivity contribution in [3.8, 4) is 0 Å². The van der Waals surface area contributed by atoms with Gasteiger partial charge in [-0.05, 0) is 48.4 Å². The molecule has 96 valence electrons. The van der Waals surface area contributed by atoms with Gasteiger partial charge in [-0.15, -0.1) is 0 Å². The molecule has 0 spiro atoms. The highest BCUT2D eigenvalue weighted by molar-refractivity contribution is 6.30. The largest absolute Gasteiger partial charge is 0.385 e. The molecule has 0 bridgehead atoms. The van der Waals surface area contributed by atoms with Crippen molar-refractivity contribution >= 4 is 17.3 Å². The molecule has 1 nitrogen and oxygen atoms in total. The summed E-state index contributed by atoms with van der Waals surface area (Å²) < 4.78 is 0. The Morgan fingerprint density at radius 3 is 2.12 bits per heavy atom. The molecule has 0 aromatic heterocycles. The molecule has 1 aromatic rings. The SMILES string of the molecule is CC(C)CC(C)C(C)CNc1ccc(Cl)cc1. The van der Waals surface area contributed by atoms with Gasteiger partial charge in [0.1, 0.15) is 0 Å². The van der Waals surface area contributed by atoms with Crippen LogP contribution >= 0.6 is 11.6 Å². The summed E-state index contributed by atoms with van der Waals surface area (Å²) in [5, 5.41) is 4.26. The summed E-state index contributed by atoms with van der Waals surface area (Å²) in [6, 6.07) is 7.91. The number of hydrogen-bond acceptors (Lipinski definition) is 1. The highest BCUT2D eigenvalue weighted by Crippen LogP contribution is 2.21. The normalized spacial score (nSPS) is 14.7. The second kappa shape index (κ2) is 6.90. The van der Waals surface area contributed by atoms with Crippen molar-refractivity contribution in [2.45, 2.75) is 34.1 Å². The quantitative estimate of drug-likeness (QED) is 0.746. The van der Waals surface area contributed by atoms with E-state index in [0.29, 0.717) is 5.92 Å². The lowest BCUT2D eigenvalue weighted by Gasteiger charge is -2.22. The fourth-order valence-electron chi connectivity index (χ4n) is 2.02. The highest BCUT2D eigenvalue weighted by Gasteiger charge is 2.13. The first-order valence-corrected chi connectivity index (χ1v) is 6.86. The minimum absolute atomic E-state index is 0.688. The maximum absolute atomic E-state index is 5.85. The Bertz CT molecular complexity index is 318. The van der Waals surface area contributed by atoms with Crippen molar-refractivity contribution in [2.24, 2.45) is 17.8 Å². The monoisotopic (exact) mass is 253 g/mol. The Hall–Kier alpha value is -0.690. The molecule has 0 aliphatic carbocycles. The van der Waals surface area contributed by atoms with E-state index in [9.17, 15) is 0 Å². The number of benzene rings is 1. The minimum Gasteiger partial charge on any atom is -0.385 e. The van der Waals surface area contributed by atoms with Crippen LogP contribution in [0.2, 0.25) is 5.02 Å². The van der Waals surface area contributed by atoms with E-state index >= 15 is 0 Å². The number of nitrogens with one attached hydrogen (secondary N) is 1. The van der Waals surface area contributed by atoms with Crippen LogP contribution in [-0.2, 0) is 0 Å². The van der Waals surface area contributed by atoms with E-state index in [-0.39, 0.29) is 0 Å². The summed E-state index contributed by atoms with van der Waals surface area (Å²) in [5.74, 6) is 2.23. The molecule has 17 heavy (non-hydrogen) atoms. The average Bonchev–Trinajstić information content (AvgIpc) is 2.27. The van der Waals surface area contributed by atoms with Gasteiger partial charge in [-0.1, -0.05) is 39.3 Å². The summed E-state index contributed by atoms with van der Waals surface area (Å²) >= 11 is 5.85. The average molecular weight is 254 g/mol. The van der Waals surface area contributed by atoms with E-state index < -0.39 is 0 Å². The standard InChI is InChI=1S/C15H24ClN/c1-11(2)9-12(3)13(4)10-17-15-7-5-14(16)6-8-15/h5-8,11-13,17H,9-10H2,1-4H3. The molecule has 0 saturated carbocycles. The smallest absolute Gasteiger partial charge is 0.0407 e. The van der Waals surface area contributed by atoms with Gasteiger partial charge in [0.25, 0.3) is 0 Å². The molecule has 0 fully saturated rings. The van der Waals surface area contributed by atoms with Crippen LogP contribution in [0, 0.1) is 17.8 Å².